The first-order valence-electron chi connectivity index (χ1n) is 6.63. The summed E-state index contributed by atoms with van der Waals surface area (Å²) >= 11 is 0. The Morgan fingerprint density at radius 2 is 1.77 bits per heavy atom. The average Bonchev–Trinajstić information content (AvgIpc) is 2.47. The summed E-state index contributed by atoms with van der Waals surface area (Å²) in [6, 6.07) is 12.0. The molecule has 0 heterocycles. The summed E-state index contributed by atoms with van der Waals surface area (Å²) in [6.07, 6.45) is 0. The molecule has 0 aliphatic carbocycles. The highest BCUT2D eigenvalue weighted by Crippen LogP contribution is 2.20. The van der Waals surface area contributed by atoms with Crippen molar-refractivity contribution in [1.82, 2.24) is 4.72 Å². The van der Waals surface area contributed by atoms with Crippen molar-refractivity contribution >= 4 is 15.7 Å². The van der Waals surface area contributed by atoms with Gasteiger partial charge in [-0.3, -0.25) is 10.1 Å². The molecule has 1 N–H and O–H groups in total. The third-order valence-electron chi connectivity index (χ3n) is 3.25. The number of sulfonamides is 1. The number of hydrogen-bond acceptors (Lipinski definition) is 4. The van der Waals surface area contributed by atoms with Crippen LogP contribution in [-0.2, 0) is 10.0 Å². The number of hydrogen-bond donors (Lipinski definition) is 1. The Kier molecular flexibility index (Phi) is 4.58. The van der Waals surface area contributed by atoms with Crippen LogP contribution in [0.2, 0.25) is 0 Å². The number of nitro benzene ring substituents is 1. The maximum atomic E-state index is 12.3. The van der Waals surface area contributed by atoms with Crippen LogP contribution in [0.4, 0.5) is 5.69 Å². The molecule has 2 aromatic carbocycles. The molecule has 0 aromatic heterocycles. The molecule has 0 radical (unpaired) electrons. The maximum absolute atomic E-state index is 12.3. The van der Waals surface area contributed by atoms with Gasteiger partial charge in [0.25, 0.3) is 5.69 Å². The number of nitro groups is 1. The summed E-state index contributed by atoms with van der Waals surface area (Å²) in [7, 11) is -3.83. The van der Waals surface area contributed by atoms with Crippen molar-refractivity contribution in [2.75, 3.05) is 0 Å². The van der Waals surface area contributed by atoms with Gasteiger partial charge in [0, 0.05) is 18.2 Å². The van der Waals surface area contributed by atoms with Crippen LogP contribution in [0.1, 0.15) is 24.1 Å². The van der Waals surface area contributed by atoms with Crippen LogP contribution in [-0.4, -0.2) is 13.3 Å². The highest BCUT2D eigenvalue weighted by atomic mass is 32.2. The Morgan fingerprint density at radius 1 is 1.14 bits per heavy atom. The van der Waals surface area contributed by atoms with Gasteiger partial charge in [0.15, 0.2) is 0 Å². The van der Waals surface area contributed by atoms with E-state index in [1.54, 1.807) is 6.92 Å². The highest BCUT2D eigenvalue weighted by molar-refractivity contribution is 7.89. The zero-order valence-electron chi connectivity index (χ0n) is 12.2. The summed E-state index contributed by atoms with van der Waals surface area (Å²) in [6.45, 7) is 3.67. The van der Waals surface area contributed by atoms with Crippen LogP contribution < -0.4 is 4.72 Å². The van der Waals surface area contributed by atoms with Crippen molar-refractivity contribution in [2.24, 2.45) is 0 Å². The molecule has 116 valence electrons. The van der Waals surface area contributed by atoms with Crippen molar-refractivity contribution in [2.45, 2.75) is 24.8 Å². The number of benzene rings is 2. The maximum Gasteiger partial charge on any atom is 0.270 e. The molecule has 0 amide bonds. The fraction of sp³-hybridized carbons (Fsp3) is 0.200. The van der Waals surface area contributed by atoms with Crippen molar-refractivity contribution in [3.63, 3.8) is 0 Å². The molecule has 0 aliphatic rings. The number of nitrogens with zero attached hydrogens (tertiary/aromatic N) is 1. The predicted octanol–water partition coefficient (Wildman–Crippen LogP) is 2.94. The highest BCUT2D eigenvalue weighted by Gasteiger charge is 2.20. The Bertz CT molecular complexity index is 785. The van der Waals surface area contributed by atoms with Crippen LogP contribution in [0.5, 0.6) is 0 Å². The minimum absolute atomic E-state index is 0.124. The van der Waals surface area contributed by atoms with Crippen LogP contribution >= 0.6 is 0 Å². The standard InChI is InChI=1S/C15H16N2O4S/c1-11-6-8-13(9-7-11)12(2)16-22(20,21)15-5-3-4-14(10-15)17(18)19/h3-10,12,16H,1-2H3/t12-/m1/s1. The zero-order chi connectivity index (χ0) is 16.3. The second-order valence-corrected chi connectivity index (χ2v) is 6.72. The molecular weight excluding hydrogens is 304 g/mol. The van der Waals surface area contributed by atoms with Crippen LogP contribution in [0.25, 0.3) is 0 Å². The van der Waals surface area contributed by atoms with Crippen molar-refractivity contribution < 1.29 is 13.3 Å². The summed E-state index contributed by atoms with van der Waals surface area (Å²) < 4.78 is 27.2. The van der Waals surface area contributed by atoms with E-state index in [-0.39, 0.29) is 10.6 Å². The van der Waals surface area contributed by atoms with Crippen LogP contribution in [0.3, 0.4) is 0 Å². The monoisotopic (exact) mass is 320 g/mol. The summed E-state index contributed by atoms with van der Waals surface area (Å²) in [5, 5.41) is 10.7. The quantitative estimate of drug-likeness (QED) is 0.677. The average molecular weight is 320 g/mol. The first kappa shape index (κ1) is 16.1. The van der Waals surface area contributed by atoms with Gasteiger partial charge in [0.05, 0.1) is 9.82 Å². The lowest BCUT2D eigenvalue weighted by molar-refractivity contribution is -0.385. The Morgan fingerprint density at radius 3 is 2.36 bits per heavy atom. The molecule has 22 heavy (non-hydrogen) atoms. The van der Waals surface area contributed by atoms with Crippen molar-refractivity contribution in [3.05, 3.63) is 69.8 Å². The van der Waals surface area contributed by atoms with Gasteiger partial charge in [-0.25, -0.2) is 13.1 Å². The smallest absolute Gasteiger partial charge is 0.258 e. The van der Waals surface area contributed by atoms with Crippen molar-refractivity contribution in [1.29, 1.82) is 0 Å². The fourth-order valence-electron chi connectivity index (χ4n) is 1.99. The number of non-ortho nitro benzene ring substituents is 1. The number of aryl methyl sites for hydroxylation is 1. The van der Waals surface area contributed by atoms with E-state index in [9.17, 15) is 18.5 Å². The minimum Gasteiger partial charge on any atom is -0.258 e. The normalized spacial score (nSPS) is 12.8. The first-order valence-corrected chi connectivity index (χ1v) is 8.11. The largest absolute Gasteiger partial charge is 0.270 e. The van der Waals surface area contributed by atoms with Crippen LogP contribution in [0.15, 0.2) is 53.4 Å². The summed E-state index contributed by atoms with van der Waals surface area (Å²) in [5.74, 6) is 0. The van der Waals surface area contributed by atoms with E-state index in [1.807, 2.05) is 31.2 Å². The molecule has 0 spiro atoms. The van der Waals surface area contributed by atoms with Gasteiger partial charge in [0.2, 0.25) is 10.0 Å². The molecular formula is C15H16N2O4S. The van der Waals surface area contributed by atoms with E-state index >= 15 is 0 Å². The van der Waals surface area contributed by atoms with Gasteiger partial charge in [0.1, 0.15) is 0 Å². The van der Waals surface area contributed by atoms with Gasteiger partial charge in [-0.15, -0.1) is 0 Å². The molecule has 6 nitrogen and oxygen atoms in total. The molecule has 2 aromatic rings. The van der Waals surface area contributed by atoms with Gasteiger partial charge >= 0.3 is 0 Å². The molecule has 0 saturated carbocycles. The molecule has 7 heteroatoms. The number of rotatable bonds is 5. The van der Waals surface area contributed by atoms with Crippen LogP contribution in [0, 0.1) is 17.0 Å². The molecule has 0 fully saturated rings. The summed E-state index contributed by atoms with van der Waals surface area (Å²) in [4.78, 5) is 10.00. The third kappa shape index (κ3) is 3.69. The molecule has 0 saturated heterocycles. The Hall–Kier alpha value is -2.25. The Balaban J connectivity index is 2.25. The second-order valence-electron chi connectivity index (χ2n) is 5.01. The van der Waals surface area contributed by atoms with Gasteiger partial charge in [-0.05, 0) is 25.5 Å². The first-order chi connectivity index (χ1) is 10.3. The third-order valence-corrected chi connectivity index (χ3v) is 4.79. The summed E-state index contributed by atoms with van der Waals surface area (Å²) in [5.41, 5.74) is 1.64. The van der Waals surface area contributed by atoms with E-state index in [0.717, 1.165) is 17.2 Å². The van der Waals surface area contributed by atoms with E-state index in [2.05, 4.69) is 4.72 Å². The van der Waals surface area contributed by atoms with Gasteiger partial charge in [-0.1, -0.05) is 35.9 Å². The Labute approximate surface area is 129 Å². The van der Waals surface area contributed by atoms with Gasteiger partial charge in [-0.2, -0.15) is 0 Å². The molecule has 0 aliphatic heterocycles. The van der Waals surface area contributed by atoms with E-state index in [4.69, 9.17) is 0 Å². The van der Waals surface area contributed by atoms with E-state index < -0.39 is 21.0 Å². The van der Waals surface area contributed by atoms with Gasteiger partial charge < -0.3 is 0 Å². The lowest BCUT2D eigenvalue weighted by Gasteiger charge is -2.15. The predicted molar refractivity (Wildman–Crippen MR) is 83.0 cm³/mol. The molecule has 0 bridgehead atoms. The number of nitrogens with one attached hydrogen (secondary N) is 1. The SMILES string of the molecule is Cc1ccc([C@@H](C)NS(=O)(=O)c2cccc([N+](=O)[O-])c2)cc1. The van der Waals surface area contributed by atoms with E-state index in [1.165, 1.54) is 18.2 Å². The van der Waals surface area contributed by atoms with Crippen molar-refractivity contribution in [3.8, 4) is 0 Å². The lowest BCUT2D eigenvalue weighted by atomic mass is 10.1. The second kappa shape index (κ2) is 6.25. The molecule has 0 unspecified atom stereocenters. The zero-order valence-corrected chi connectivity index (χ0v) is 13.0. The topological polar surface area (TPSA) is 89.3 Å². The molecule has 1 atom stereocenters. The fourth-order valence-corrected chi connectivity index (χ4v) is 3.26. The lowest BCUT2D eigenvalue weighted by Crippen LogP contribution is -2.26. The molecule has 2 rings (SSSR count). The minimum atomic E-state index is -3.83. The van der Waals surface area contributed by atoms with E-state index in [0.29, 0.717) is 0 Å².